The van der Waals surface area contributed by atoms with E-state index in [2.05, 4.69) is 66.9 Å². The molecule has 8 rings (SSSR count). The molecule has 2 nitrogen and oxygen atoms in total. The molecule has 27 heteroatoms. The fourth-order valence-electron chi connectivity index (χ4n) is 9.65. The first-order chi connectivity index (χ1) is 38.9. The van der Waals surface area contributed by atoms with Gasteiger partial charge in [-0.25, -0.2) is 0 Å². The van der Waals surface area contributed by atoms with Crippen molar-refractivity contribution >= 4 is 44.7 Å². The average Bonchev–Trinajstić information content (AvgIpc) is 2.50. The second kappa shape index (κ2) is 22.8. The molecule has 0 bridgehead atoms. The number of carbonyl (C=O) groups is 1. The normalized spacial score (nSPS) is 13.3. The molecule has 0 aliphatic rings. The first-order valence-electron chi connectivity index (χ1n) is 24.4. The fraction of sp³-hybridized carbons (Fsp3) is 0.207. The number of hydrogen-bond acceptors (Lipinski definition) is 1. The summed E-state index contributed by atoms with van der Waals surface area (Å²) in [6.07, 6.45) is -54.8. The Labute approximate surface area is 464 Å². The van der Waals surface area contributed by atoms with Gasteiger partial charge in [0.15, 0.2) is 0 Å². The Hall–Kier alpha value is -8.00. The highest BCUT2D eigenvalue weighted by molar-refractivity contribution is 7.20. The zero-order valence-corrected chi connectivity index (χ0v) is 42.9. The van der Waals surface area contributed by atoms with Crippen LogP contribution in [-0.2, 0) is 56.0 Å². The molecule has 0 aliphatic heterocycles. The summed E-state index contributed by atoms with van der Waals surface area (Å²) in [5.41, 5.74) is -24.9. The van der Waals surface area contributed by atoms with E-state index in [-0.39, 0.29) is 5.78 Å². The van der Waals surface area contributed by atoms with Crippen molar-refractivity contribution in [3.63, 3.8) is 0 Å². The molecule has 0 spiro atoms. The number of benzene rings is 7. The number of Topliss-reactive ketones (excluding diaryl/α,β-unsaturated/α-hetero) is 1. The van der Waals surface area contributed by atoms with Crippen LogP contribution in [0.1, 0.15) is 80.2 Å². The molecule has 0 aliphatic carbocycles. The maximum atomic E-state index is 14.2. The molecule has 1 aromatic heterocycles. The molecule has 0 radical (unpaired) electrons. The lowest BCUT2D eigenvalue weighted by molar-refractivity contribution is -0.646. The minimum Gasteiger partial charge on any atom is -0.287 e. The summed E-state index contributed by atoms with van der Waals surface area (Å²) in [4.78, 5) is 13.0. The Morgan fingerprint density at radius 1 is 0.365 bits per heavy atom. The number of fused-ring (bicyclic) bond motifs is 1. The van der Waals surface area contributed by atoms with Crippen LogP contribution in [0.5, 0.6) is 0 Å². The van der Waals surface area contributed by atoms with Crippen LogP contribution in [0.15, 0.2) is 164 Å². The summed E-state index contributed by atoms with van der Waals surface area (Å²) in [6, 6.07) is 21.8. The number of nitrogens with zero attached hydrogens (tertiary/aromatic N) is 1. The van der Waals surface area contributed by atoms with E-state index in [1.807, 2.05) is 42.5 Å². The van der Waals surface area contributed by atoms with E-state index in [0.717, 1.165) is 27.7 Å². The Bertz CT molecular complexity index is 3300. The fourth-order valence-corrected chi connectivity index (χ4v) is 9.65. The molecule has 0 saturated heterocycles. The average molecular weight is 1230 g/mol. The molecule has 1 heterocycles. The maximum absolute atomic E-state index is 14.2. The molecule has 0 amide bonds. The molecule has 0 fully saturated rings. The van der Waals surface area contributed by atoms with E-state index < -0.39 is 195 Å². The van der Waals surface area contributed by atoms with Crippen molar-refractivity contribution in [1.29, 1.82) is 0 Å². The van der Waals surface area contributed by atoms with Crippen molar-refractivity contribution in [3.8, 4) is 11.3 Å². The first-order valence-corrected chi connectivity index (χ1v) is 24.4. The third-order valence-corrected chi connectivity index (χ3v) is 13.6. The standard InChI is InChI=1S/C32H12BF24.C26H24NO/c34-25(35,36)13-1-14(26(37,38)39)6-21(5-13)33(22-7-15(27(40,41)42)2-16(8-22)28(43,44)45,23-9-17(29(46,47)48)3-18(10-23)30(49,50)51)24-11-19(31(52,53)54)4-20(12-24)32(55,56)57;1-19(2)20-12-14-22(15-13-20)25-17-16-21-8-6-7-11-24(21)27(25)18-26(28)23-9-4-3-5-10-23/h1-12H;3-17,19H,18H2,1-2H3/q-1;+1. The lowest BCUT2D eigenvalue weighted by atomic mass is 9.12. The van der Waals surface area contributed by atoms with E-state index in [9.17, 15) is 110 Å². The highest BCUT2D eigenvalue weighted by Crippen LogP contribution is 2.42. The van der Waals surface area contributed by atoms with Gasteiger partial charge < -0.3 is 0 Å². The number of halogens is 24. The van der Waals surface area contributed by atoms with Crippen molar-refractivity contribution in [2.24, 2.45) is 0 Å². The zero-order valence-electron chi connectivity index (χ0n) is 42.9. The summed E-state index contributed by atoms with van der Waals surface area (Å²) < 4.78 is 343. The number of ketones is 1. The molecule has 85 heavy (non-hydrogen) atoms. The van der Waals surface area contributed by atoms with Gasteiger partial charge in [-0.3, -0.25) is 4.79 Å². The van der Waals surface area contributed by atoms with Crippen molar-refractivity contribution in [2.45, 2.75) is 75.7 Å². The number of alkyl halides is 24. The van der Waals surface area contributed by atoms with Crippen molar-refractivity contribution in [1.82, 2.24) is 0 Å². The van der Waals surface area contributed by atoms with Crippen LogP contribution in [-0.4, -0.2) is 11.9 Å². The minimum atomic E-state index is -6.13. The van der Waals surface area contributed by atoms with E-state index in [0.29, 0.717) is 12.5 Å². The Morgan fingerprint density at radius 3 is 0.953 bits per heavy atom. The van der Waals surface area contributed by atoms with Crippen LogP contribution in [0.3, 0.4) is 0 Å². The van der Waals surface area contributed by atoms with E-state index >= 15 is 0 Å². The van der Waals surface area contributed by atoms with Crippen LogP contribution in [0.4, 0.5) is 105 Å². The number of pyridine rings is 1. The molecule has 0 saturated carbocycles. The van der Waals surface area contributed by atoms with E-state index in [1.54, 1.807) is 0 Å². The molecule has 0 unspecified atom stereocenters. The smallest absolute Gasteiger partial charge is 0.287 e. The molecule has 0 atom stereocenters. The van der Waals surface area contributed by atoms with Gasteiger partial charge >= 0.3 is 49.4 Å². The number of rotatable bonds is 9. The van der Waals surface area contributed by atoms with Gasteiger partial charge in [0.1, 0.15) is 6.15 Å². The van der Waals surface area contributed by atoms with E-state index in [1.165, 1.54) is 5.56 Å². The Morgan fingerprint density at radius 2 is 0.659 bits per heavy atom. The second-order valence-corrected chi connectivity index (χ2v) is 19.7. The third-order valence-electron chi connectivity index (χ3n) is 13.6. The lowest BCUT2D eigenvalue weighted by Crippen LogP contribution is -2.75. The number of para-hydroxylation sites is 1. The third kappa shape index (κ3) is 14.4. The highest BCUT2D eigenvalue weighted by atomic mass is 19.4. The Kier molecular flexibility index (Phi) is 17.3. The summed E-state index contributed by atoms with van der Waals surface area (Å²) in [7, 11) is 0. The number of hydrogen-bond donors (Lipinski definition) is 0. The van der Waals surface area contributed by atoms with E-state index in [4.69, 9.17) is 0 Å². The molecule has 7 aromatic carbocycles. The summed E-state index contributed by atoms with van der Waals surface area (Å²) in [5.74, 6) is 0.611. The summed E-state index contributed by atoms with van der Waals surface area (Å²) in [5, 5.41) is 1.13. The molecular formula is C58H36BF24NO. The monoisotopic (exact) mass is 1230 g/mol. The first kappa shape index (κ1) is 64.6. The number of aromatic nitrogens is 1. The SMILES string of the molecule is CC(C)c1ccc(-c2ccc3ccccc3[n+]2CC(=O)c2ccccc2)cc1.FC(F)(F)c1cc([B-](c2cc(C(F)(F)F)cc(C(F)(F)F)c2)(c2cc(C(F)(F)F)cc(C(F)(F)F)c2)c2cc(C(F)(F)F)cc(C(F)(F)F)c2)cc(C(F)(F)F)c1. The lowest BCUT2D eigenvalue weighted by Gasteiger charge is -2.46. The van der Waals surface area contributed by atoms with Gasteiger partial charge in [-0.1, -0.05) is 117 Å². The van der Waals surface area contributed by atoms with Crippen LogP contribution < -0.4 is 26.4 Å². The van der Waals surface area contributed by atoms with Gasteiger partial charge in [0.05, 0.1) is 44.5 Å². The van der Waals surface area contributed by atoms with Crippen LogP contribution in [0.25, 0.3) is 22.2 Å². The van der Waals surface area contributed by atoms with Crippen LogP contribution >= 0.6 is 0 Å². The van der Waals surface area contributed by atoms with Crippen molar-refractivity contribution in [3.05, 3.63) is 219 Å². The van der Waals surface area contributed by atoms with Gasteiger partial charge in [-0.05, 0) is 60.0 Å². The topological polar surface area (TPSA) is 20.9 Å². The van der Waals surface area contributed by atoms with Gasteiger partial charge in [-0.2, -0.15) is 132 Å². The maximum Gasteiger partial charge on any atom is 0.416 e. The number of carbonyl (C=O) groups excluding carboxylic acids is 1. The molecular weight excluding hydrogens is 1190 g/mol. The summed E-state index contributed by atoms with van der Waals surface area (Å²) >= 11 is 0. The largest absolute Gasteiger partial charge is 0.416 e. The molecule has 8 aromatic rings. The zero-order chi connectivity index (χ0) is 63.4. The highest BCUT2D eigenvalue weighted by Gasteiger charge is 2.47. The van der Waals surface area contributed by atoms with Gasteiger partial charge in [0, 0.05) is 28.6 Å². The molecule has 0 N–H and O–H groups in total. The summed E-state index contributed by atoms with van der Waals surface area (Å²) in [6.45, 7) is 4.71. The van der Waals surface area contributed by atoms with Gasteiger partial charge in [-0.15, -0.1) is 0 Å². The predicted octanol–water partition coefficient (Wildman–Crippen LogP) is 17.0. The minimum absolute atomic E-state index is 0.113. The van der Waals surface area contributed by atoms with Crippen molar-refractivity contribution < 1.29 is 115 Å². The van der Waals surface area contributed by atoms with Crippen LogP contribution in [0, 0.1) is 0 Å². The quantitative estimate of drug-likeness (QED) is 0.0611. The Balaban J connectivity index is 0.000000306. The second-order valence-electron chi connectivity index (χ2n) is 19.7. The van der Waals surface area contributed by atoms with Crippen molar-refractivity contribution in [2.75, 3.05) is 0 Å². The predicted molar refractivity (Wildman–Crippen MR) is 265 cm³/mol. The van der Waals surface area contributed by atoms with Gasteiger partial charge in [0.2, 0.25) is 23.5 Å². The van der Waals surface area contributed by atoms with Gasteiger partial charge in [0.25, 0.3) is 0 Å². The molecule has 450 valence electrons. The van der Waals surface area contributed by atoms with Crippen LogP contribution in [0.2, 0.25) is 0 Å².